The number of rotatable bonds is 2. The van der Waals surface area contributed by atoms with Crippen LogP contribution in [0.5, 0.6) is 5.75 Å². The molecule has 0 atom stereocenters. The normalized spacial score (nSPS) is 11.5. The Balaban J connectivity index is 0.00000200. The molecule has 0 amide bonds. The molecular weight excluding hydrogens is 342 g/mol. The Morgan fingerprint density at radius 1 is 0.952 bits per heavy atom. The molecule has 2 aromatic rings. The third-order valence-corrected chi connectivity index (χ3v) is 4.26. The maximum Gasteiger partial charge on any atom is 1.00 e. The Bertz CT molecular complexity index is 876. The summed E-state index contributed by atoms with van der Waals surface area (Å²) in [5, 5.41) is 11.1. The van der Waals surface area contributed by atoms with E-state index >= 15 is 0 Å². The van der Waals surface area contributed by atoms with Crippen molar-refractivity contribution >= 4 is 31.0 Å². The fraction of sp³-hybridized carbons (Fsp3) is 0. The molecule has 2 rings (SSSR count). The quantitative estimate of drug-likeness (QED) is 0.422. The Labute approximate surface area is 165 Å². The molecule has 0 saturated heterocycles. The van der Waals surface area contributed by atoms with E-state index in [9.17, 15) is 26.5 Å². The van der Waals surface area contributed by atoms with Crippen molar-refractivity contribution in [3.63, 3.8) is 0 Å². The number of benzene rings is 2. The van der Waals surface area contributed by atoms with Gasteiger partial charge in [0.2, 0.25) is 0 Å². The molecule has 21 heavy (non-hydrogen) atoms. The Morgan fingerprint density at radius 3 is 1.86 bits per heavy atom. The molecule has 0 bridgehead atoms. The Morgan fingerprint density at radius 2 is 1.43 bits per heavy atom. The van der Waals surface area contributed by atoms with Crippen LogP contribution in [0.3, 0.4) is 0 Å². The molecule has 0 spiro atoms. The van der Waals surface area contributed by atoms with Gasteiger partial charge in [-0.05, 0) is 0 Å². The second-order valence-electron chi connectivity index (χ2n) is 3.68. The van der Waals surface area contributed by atoms with Crippen molar-refractivity contribution in [2.24, 2.45) is 0 Å². The molecule has 0 aliphatic heterocycles. The van der Waals surface area contributed by atoms with Crippen molar-refractivity contribution in [1.29, 1.82) is 0 Å². The molecule has 0 heterocycles. The minimum Gasteiger partial charge on any atom is -0.871 e. The molecule has 1 N–H and O–H groups in total. The van der Waals surface area contributed by atoms with E-state index in [0.29, 0.717) is 6.07 Å². The Kier molecular flexibility index (Phi) is 7.37. The van der Waals surface area contributed by atoms with E-state index in [1.807, 2.05) is 0 Å². The van der Waals surface area contributed by atoms with Gasteiger partial charge in [0.25, 0.3) is 10.1 Å². The molecule has 7 nitrogen and oxygen atoms in total. The summed E-state index contributed by atoms with van der Waals surface area (Å²) in [7, 11) is -9.77. The molecule has 0 fully saturated rings. The number of hydrogen-bond acceptors (Lipinski definition) is 6. The van der Waals surface area contributed by atoms with Gasteiger partial charge in [-0.2, -0.15) is 8.42 Å². The first kappa shape index (κ1) is 21.3. The van der Waals surface area contributed by atoms with Crippen molar-refractivity contribution in [2.45, 2.75) is 9.79 Å². The molecule has 0 radical (unpaired) electrons. The van der Waals surface area contributed by atoms with E-state index in [4.69, 9.17) is 4.55 Å². The molecule has 102 valence electrons. The van der Waals surface area contributed by atoms with Crippen LogP contribution in [0, 0.1) is 0 Å². The zero-order chi connectivity index (χ0) is 14.4. The van der Waals surface area contributed by atoms with Gasteiger partial charge in [-0.3, -0.25) is 4.55 Å². The van der Waals surface area contributed by atoms with E-state index in [1.165, 1.54) is 18.2 Å². The van der Waals surface area contributed by atoms with Gasteiger partial charge in [0, 0.05) is 10.8 Å². The van der Waals surface area contributed by atoms with Crippen LogP contribution >= 0.6 is 0 Å². The van der Waals surface area contributed by atoms with E-state index < -0.39 is 35.8 Å². The zero-order valence-electron chi connectivity index (χ0n) is 11.1. The molecular formula is C10H6Na2O7S2. The third kappa shape index (κ3) is 4.41. The largest absolute Gasteiger partial charge is 1.00 e. The molecule has 0 aliphatic carbocycles. The van der Waals surface area contributed by atoms with Crippen LogP contribution in [0.4, 0.5) is 0 Å². The van der Waals surface area contributed by atoms with E-state index in [2.05, 4.69) is 0 Å². The summed E-state index contributed by atoms with van der Waals surface area (Å²) >= 11 is 0. The summed E-state index contributed by atoms with van der Waals surface area (Å²) in [5.41, 5.74) is 0. The van der Waals surface area contributed by atoms with Crippen LogP contribution in [0.25, 0.3) is 10.8 Å². The van der Waals surface area contributed by atoms with E-state index in [1.54, 1.807) is 0 Å². The molecule has 0 aromatic heterocycles. The van der Waals surface area contributed by atoms with Crippen molar-refractivity contribution in [3.8, 4) is 5.75 Å². The Hall–Kier alpha value is 0.320. The van der Waals surface area contributed by atoms with E-state index in [-0.39, 0.29) is 69.9 Å². The van der Waals surface area contributed by atoms with Crippen LogP contribution in [0.1, 0.15) is 0 Å². The molecule has 0 aliphatic rings. The molecule has 2 aromatic carbocycles. The van der Waals surface area contributed by atoms with E-state index in [0.717, 1.165) is 6.07 Å². The van der Waals surface area contributed by atoms with Gasteiger partial charge >= 0.3 is 59.1 Å². The predicted octanol–water partition coefficient (Wildman–Crippen LogP) is -5.93. The first-order valence-corrected chi connectivity index (χ1v) is 7.63. The summed E-state index contributed by atoms with van der Waals surface area (Å²) in [6.45, 7) is 0. The van der Waals surface area contributed by atoms with Crippen LogP contribution < -0.4 is 64.2 Å². The summed E-state index contributed by atoms with van der Waals surface area (Å²) in [4.78, 5) is -1.77. The minimum absolute atomic E-state index is 0. The first-order valence-electron chi connectivity index (χ1n) is 4.78. The maximum absolute atomic E-state index is 11.6. The zero-order valence-corrected chi connectivity index (χ0v) is 16.7. The molecule has 0 unspecified atom stereocenters. The maximum atomic E-state index is 11.6. The topological polar surface area (TPSA) is 135 Å². The molecule has 0 saturated carbocycles. The summed E-state index contributed by atoms with van der Waals surface area (Å²) < 4.78 is 64.5. The first-order chi connectivity index (χ1) is 8.62. The predicted molar refractivity (Wildman–Crippen MR) is 61.2 cm³/mol. The van der Waals surface area contributed by atoms with Crippen molar-refractivity contribution in [1.82, 2.24) is 0 Å². The fourth-order valence-corrected chi connectivity index (χ4v) is 3.23. The van der Waals surface area contributed by atoms with Crippen molar-refractivity contribution in [2.75, 3.05) is 0 Å². The van der Waals surface area contributed by atoms with Gasteiger partial charge in [0.15, 0.2) is 0 Å². The monoisotopic (exact) mass is 348 g/mol. The third-order valence-electron chi connectivity index (χ3n) is 2.45. The van der Waals surface area contributed by atoms with Gasteiger partial charge in [-0.1, -0.05) is 36.1 Å². The van der Waals surface area contributed by atoms with Crippen LogP contribution in [-0.2, 0) is 20.2 Å². The van der Waals surface area contributed by atoms with Crippen LogP contribution in [0.2, 0.25) is 0 Å². The van der Waals surface area contributed by atoms with Gasteiger partial charge in [0.05, 0.1) is 9.79 Å². The van der Waals surface area contributed by atoms with Crippen LogP contribution in [-0.4, -0.2) is 25.9 Å². The minimum atomic E-state index is -4.94. The average molecular weight is 348 g/mol. The molecule has 11 heteroatoms. The fourth-order valence-electron chi connectivity index (χ4n) is 1.76. The number of fused-ring (bicyclic) bond motifs is 1. The van der Waals surface area contributed by atoms with Crippen LogP contribution in [0.15, 0.2) is 40.1 Å². The second-order valence-corrected chi connectivity index (χ2v) is 6.38. The van der Waals surface area contributed by atoms with Gasteiger partial charge in [-0.15, -0.1) is 0 Å². The average Bonchev–Trinajstić information content (AvgIpc) is 2.24. The van der Waals surface area contributed by atoms with Crippen molar-refractivity contribution < 1.29 is 90.2 Å². The standard InChI is InChI=1S/C10H8O7S2.2Na/c11-8-5-9(18(12,13)14)6-3-1-2-4-7(6)10(8)19(15,16)17;;/h1-5,11H,(H,12,13,14)(H,15,16,17);;/q;2*+1/p-2. The van der Waals surface area contributed by atoms with Gasteiger partial charge < -0.3 is 9.66 Å². The van der Waals surface area contributed by atoms with Gasteiger partial charge in [-0.25, -0.2) is 8.42 Å². The van der Waals surface area contributed by atoms with Crippen molar-refractivity contribution in [3.05, 3.63) is 30.3 Å². The number of hydrogen-bond donors (Lipinski definition) is 1. The van der Waals surface area contributed by atoms with Gasteiger partial charge in [0.1, 0.15) is 10.1 Å². The summed E-state index contributed by atoms with van der Waals surface area (Å²) in [5.74, 6) is -1.25. The smallest absolute Gasteiger partial charge is 0.871 e. The summed E-state index contributed by atoms with van der Waals surface area (Å²) in [6, 6.07) is 5.42. The summed E-state index contributed by atoms with van der Waals surface area (Å²) in [6.07, 6.45) is 0. The second kappa shape index (κ2) is 7.26. The SMILES string of the molecule is O=S(=O)([O-])c1cc([O-])c(S(=O)(=O)O)c2ccccc12.[Na+].[Na+].